The molecule has 6 nitrogen and oxygen atoms in total. The fourth-order valence-corrected chi connectivity index (χ4v) is 3.80. The number of rotatable bonds is 5. The highest BCUT2D eigenvalue weighted by molar-refractivity contribution is 5.97. The molecule has 0 spiro atoms. The molecule has 2 aromatic carbocycles. The van der Waals surface area contributed by atoms with Gasteiger partial charge in [-0.1, -0.05) is 48.5 Å². The number of likely N-dealkylation sites (tertiary alicyclic amines) is 1. The second-order valence-electron chi connectivity index (χ2n) is 7.55. The second kappa shape index (κ2) is 8.95. The molecule has 0 unspecified atom stereocenters. The number of para-hydroxylation sites is 1. The third-order valence-corrected chi connectivity index (χ3v) is 5.45. The Balaban J connectivity index is 1.56. The average Bonchev–Trinajstić information content (AvgIpc) is 3.24. The molecule has 30 heavy (non-hydrogen) atoms. The summed E-state index contributed by atoms with van der Waals surface area (Å²) < 4.78 is 7.08. The van der Waals surface area contributed by atoms with E-state index in [0.717, 1.165) is 37.1 Å². The van der Waals surface area contributed by atoms with Gasteiger partial charge in [0.2, 0.25) is 0 Å². The summed E-state index contributed by atoms with van der Waals surface area (Å²) >= 11 is 0. The Morgan fingerprint density at radius 3 is 2.43 bits per heavy atom. The number of esters is 1. The zero-order valence-corrected chi connectivity index (χ0v) is 17.0. The third kappa shape index (κ3) is 4.27. The van der Waals surface area contributed by atoms with Crippen molar-refractivity contribution in [2.75, 3.05) is 13.2 Å². The number of nitrogens with zero attached hydrogens (tertiary/aromatic N) is 3. The Morgan fingerprint density at radius 2 is 1.73 bits per heavy atom. The molecule has 2 heterocycles. The number of benzene rings is 2. The van der Waals surface area contributed by atoms with Crippen molar-refractivity contribution < 1.29 is 14.3 Å². The molecular formula is C24H25N3O3. The van der Waals surface area contributed by atoms with E-state index in [1.54, 1.807) is 10.9 Å². The van der Waals surface area contributed by atoms with Crippen LogP contribution in [0, 0.1) is 0 Å². The molecule has 3 aromatic rings. The highest BCUT2D eigenvalue weighted by atomic mass is 16.5. The van der Waals surface area contributed by atoms with Crippen LogP contribution in [0.15, 0.2) is 66.9 Å². The van der Waals surface area contributed by atoms with Crippen LogP contribution >= 0.6 is 0 Å². The van der Waals surface area contributed by atoms with Gasteiger partial charge in [0.05, 0.1) is 5.69 Å². The first-order chi connectivity index (χ1) is 14.6. The maximum absolute atomic E-state index is 12.9. The van der Waals surface area contributed by atoms with Crippen LogP contribution in [0.5, 0.6) is 0 Å². The Bertz CT molecular complexity index is 1010. The van der Waals surface area contributed by atoms with Gasteiger partial charge in [0, 0.05) is 24.3 Å². The largest absolute Gasteiger partial charge is 0.452 e. The van der Waals surface area contributed by atoms with Gasteiger partial charge >= 0.3 is 5.97 Å². The summed E-state index contributed by atoms with van der Waals surface area (Å²) in [6.07, 6.45) is 4.77. The second-order valence-corrected chi connectivity index (χ2v) is 7.55. The van der Waals surface area contributed by atoms with Gasteiger partial charge in [0.25, 0.3) is 5.91 Å². The number of amides is 1. The predicted octanol–water partition coefficient (Wildman–Crippen LogP) is 4.10. The fourth-order valence-electron chi connectivity index (χ4n) is 3.80. The molecule has 1 atom stereocenters. The van der Waals surface area contributed by atoms with Crippen LogP contribution < -0.4 is 0 Å². The summed E-state index contributed by atoms with van der Waals surface area (Å²) in [6.45, 7) is 2.50. The van der Waals surface area contributed by atoms with Crippen LogP contribution in [0.2, 0.25) is 0 Å². The fraction of sp³-hybridized carbons (Fsp3) is 0.292. The molecule has 4 rings (SSSR count). The van der Waals surface area contributed by atoms with E-state index in [9.17, 15) is 9.59 Å². The van der Waals surface area contributed by atoms with Gasteiger partial charge in [-0.15, -0.1) is 0 Å². The van der Waals surface area contributed by atoms with Crippen molar-refractivity contribution in [3.63, 3.8) is 0 Å². The molecule has 1 fully saturated rings. The van der Waals surface area contributed by atoms with Gasteiger partial charge in [-0.2, -0.15) is 5.10 Å². The van der Waals surface area contributed by atoms with Gasteiger partial charge in [-0.3, -0.25) is 4.79 Å². The molecule has 1 saturated heterocycles. The number of hydrogen-bond donors (Lipinski definition) is 0. The third-order valence-electron chi connectivity index (χ3n) is 5.45. The number of aromatic nitrogens is 2. The average molecular weight is 403 g/mol. The predicted molar refractivity (Wildman–Crippen MR) is 114 cm³/mol. The lowest BCUT2D eigenvalue weighted by Crippen LogP contribution is -2.44. The lowest BCUT2D eigenvalue weighted by Gasteiger charge is -2.33. The van der Waals surface area contributed by atoms with Crippen molar-refractivity contribution >= 4 is 11.9 Å². The minimum absolute atomic E-state index is 0.146. The molecule has 1 aliphatic rings. The number of piperidine rings is 1. The van der Waals surface area contributed by atoms with E-state index in [2.05, 4.69) is 5.10 Å². The normalized spacial score (nSPS) is 16.3. The van der Waals surface area contributed by atoms with Crippen molar-refractivity contribution in [1.82, 2.24) is 14.7 Å². The first kappa shape index (κ1) is 19.9. The quantitative estimate of drug-likeness (QED) is 0.602. The highest BCUT2D eigenvalue weighted by Gasteiger charge is 2.25. The van der Waals surface area contributed by atoms with E-state index >= 15 is 0 Å². The van der Waals surface area contributed by atoms with Crippen LogP contribution in [0.25, 0.3) is 16.9 Å². The SMILES string of the molecule is C[C@@H]1CCCCN1C(=O)COC(=O)c1cn(-c2ccccc2)nc1-c1ccccc1. The van der Waals surface area contributed by atoms with Gasteiger partial charge < -0.3 is 9.64 Å². The van der Waals surface area contributed by atoms with E-state index in [0.29, 0.717) is 11.3 Å². The van der Waals surface area contributed by atoms with Gasteiger partial charge in [-0.25, -0.2) is 9.48 Å². The number of carbonyl (C=O) groups is 2. The monoisotopic (exact) mass is 403 g/mol. The zero-order valence-electron chi connectivity index (χ0n) is 17.0. The van der Waals surface area contributed by atoms with Crippen LogP contribution in [0.3, 0.4) is 0 Å². The van der Waals surface area contributed by atoms with Crippen molar-refractivity contribution in [1.29, 1.82) is 0 Å². The minimum atomic E-state index is -0.547. The van der Waals surface area contributed by atoms with E-state index in [-0.39, 0.29) is 18.6 Å². The van der Waals surface area contributed by atoms with Crippen LogP contribution in [-0.2, 0) is 9.53 Å². The molecule has 0 radical (unpaired) electrons. The Hall–Kier alpha value is -3.41. The van der Waals surface area contributed by atoms with E-state index in [1.165, 1.54) is 0 Å². The van der Waals surface area contributed by atoms with Crippen LogP contribution in [0.1, 0.15) is 36.5 Å². The van der Waals surface area contributed by atoms with Gasteiger partial charge in [-0.05, 0) is 38.3 Å². The summed E-state index contributed by atoms with van der Waals surface area (Å²) in [5.41, 5.74) is 2.52. The molecule has 154 valence electrons. The van der Waals surface area contributed by atoms with Crippen LogP contribution in [0.4, 0.5) is 0 Å². The maximum atomic E-state index is 12.9. The van der Waals surface area contributed by atoms with Crippen molar-refractivity contribution in [2.24, 2.45) is 0 Å². The van der Waals surface area contributed by atoms with E-state index in [1.807, 2.05) is 72.5 Å². The summed E-state index contributed by atoms with van der Waals surface area (Å²) in [5.74, 6) is -0.693. The summed E-state index contributed by atoms with van der Waals surface area (Å²) in [4.78, 5) is 27.3. The van der Waals surface area contributed by atoms with Gasteiger partial charge in [0.15, 0.2) is 6.61 Å². The topological polar surface area (TPSA) is 64.4 Å². The number of carbonyl (C=O) groups excluding carboxylic acids is 2. The molecule has 0 bridgehead atoms. The zero-order chi connectivity index (χ0) is 20.9. The van der Waals surface area contributed by atoms with Crippen molar-refractivity contribution in [2.45, 2.75) is 32.2 Å². The molecule has 1 aliphatic heterocycles. The molecule has 0 saturated carbocycles. The first-order valence-electron chi connectivity index (χ1n) is 10.3. The molecule has 1 amide bonds. The molecule has 1 aromatic heterocycles. The number of hydrogen-bond acceptors (Lipinski definition) is 4. The standard InChI is InChI=1S/C24H25N3O3/c1-18-10-8-9-15-26(18)22(28)17-30-24(29)21-16-27(20-13-6-3-7-14-20)25-23(21)19-11-4-2-5-12-19/h2-7,11-14,16,18H,8-10,15,17H2,1H3/t18-/m1/s1. The summed E-state index contributed by atoms with van der Waals surface area (Å²) in [7, 11) is 0. The molecule has 0 N–H and O–H groups in total. The maximum Gasteiger partial charge on any atom is 0.342 e. The Labute approximate surface area is 176 Å². The Morgan fingerprint density at radius 1 is 1.03 bits per heavy atom. The summed E-state index contributed by atoms with van der Waals surface area (Å²) in [5, 5.41) is 4.62. The minimum Gasteiger partial charge on any atom is -0.452 e. The first-order valence-corrected chi connectivity index (χ1v) is 10.3. The van der Waals surface area contributed by atoms with Crippen molar-refractivity contribution in [3.05, 3.63) is 72.4 Å². The van der Waals surface area contributed by atoms with Crippen LogP contribution in [-0.4, -0.2) is 45.8 Å². The van der Waals surface area contributed by atoms with E-state index in [4.69, 9.17) is 4.74 Å². The molecule has 6 heteroatoms. The molecular weight excluding hydrogens is 378 g/mol. The van der Waals surface area contributed by atoms with Crippen molar-refractivity contribution in [3.8, 4) is 16.9 Å². The van der Waals surface area contributed by atoms with E-state index < -0.39 is 5.97 Å². The smallest absolute Gasteiger partial charge is 0.342 e. The summed E-state index contributed by atoms with van der Waals surface area (Å²) in [6, 6.07) is 19.3. The lowest BCUT2D eigenvalue weighted by atomic mass is 10.0. The van der Waals surface area contributed by atoms with Gasteiger partial charge in [0.1, 0.15) is 11.3 Å². The Kier molecular flexibility index (Phi) is 5.93. The number of ether oxygens (including phenoxy) is 1. The molecule has 0 aliphatic carbocycles. The lowest BCUT2D eigenvalue weighted by molar-refractivity contribution is -0.137. The highest BCUT2D eigenvalue weighted by Crippen LogP contribution is 2.24.